The van der Waals surface area contributed by atoms with E-state index in [4.69, 9.17) is 9.47 Å². The van der Waals surface area contributed by atoms with Crippen molar-refractivity contribution >= 4 is 11.8 Å². The molecule has 0 saturated carbocycles. The number of ether oxygens (including phenoxy) is 2. The molecule has 2 heterocycles. The highest BCUT2D eigenvalue weighted by Gasteiger charge is 2.44. The average Bonchev–Trinajstić information content (AvgIpc) is 3.26. The molecule has 0 aliphatic carbocycles. The lowest BCUT2D eigenvalue weighted by Crippen LogP contribution is -2.49. The van der Waals surface area contributed by atoms with Gasteiger partial charge in [-0.3, -0.25) is 19.4 Å². The molecule has 0 unspecified atom stereocenters. The third kappa shape index (κ3) is 6.13. The second-order valence-electron chi connectivity index (χ2n) is 9.35. The van der Waals surface area contributed by atoms with Crippen molar-refractivity contribution in [1.82, 2.24) is 20.4 Å². The van der Waals surface area contributed by atoms with Crippen molar-refractivity contribution in [3.8, 4) is 11.5 Å². The van der Waals surface area contributed by atoms with Crippen molar-refractivity contribution in [3.63, 3.8) is 0 Å². The van der Waals surface area contributed by atoms with Gasteiger partial charge in [0.05, 0.1) is 14.2 Å². The molecule has 2 aliphatic rings. The van der Waals surface area contributed by atoms with Crippen LogP contribution in [0.15, 0.2) is 48.5 Å². The Kier molecular flexibility index (Phi) is 8.25. The summed E-state index contributed by atoms with van der Waals surface area (Å²) in [6.45, 7) is 2.65. The largest absolute Gasteiger partial charge is 0.497 e. The second-order valence-corrected chi connectivity index (χ2v) is 9.35. The van der Waals surface area contributed by atoms with E-state index in [0.717, 1.165) is 42.1 Å². The molecular formula is C27H36N4O4. The number of hydrogen-bond acceptors (Lipinski definition) is 6. The quantitative estimate of drug-likeness (QED) is 0.573. The number of carbonyl (C=O) groups excluding carboxylic acids is 2. The number of rotatable bonds is 9. The minimum absolute atomic E-state index is 0.0221. The molecule has 2 N–H and O–H groups in total. The van der Waals surface area contributed by atoms with Crippen LogP contribution in [0.5, 0.6) is 11.5 Å². The predicted octanol–water partition coefficient (Wildman–Crippen LogP) is 2.17. The zero-order valence-corrected chi connectivity index (χ0v) is 20.8. The topological polar surface area (TPSA) is 83.1 Å². The summed E-state index contributed by atoms with van der Waals surface area (Å²) in [4.78, 5) is 30.1. The van der Waals surface area contributed by atoms with Gasteiger partial charge >= 0.3 is 0 Å². The summed E-state index contributed by atoms with van der Waals surface area (Å²) in [5.41, 5.74) is 2.19. The molecule has 0 bridgehead atoms. The number of nitrogens with zero attached hydrogens (tertiary/aromatic N) is 2. The van der Waals surface area contributed by atoms with E-state index in [-0.39, 0.29) is 29.9 Å². The average molecular weight is 481 g/mol. The number of likely N-dealkylation sites (N-methyl/N-ethyl adjacent to an activating group) is 1. The first kappa shape index (κ1) is 25.0. The SMILES string of the molecule is COc1ccc(CNC(=O)CC[C@H]2CNC(=O)[C@@H]3[C@@H](CCN3Cc3ccc(OC)cc3)N2C)cc1. The van der Waals surface area contributed by atoms with E-state index in [9.17, 15) is 9.59 Å². The third-order valence-electron chi connectivity index (χ3n) is 7.25. The van der Waals surface area contributed by atoms with Crippen LogP contribution in [0.25, 0.3) is 0 Å². The number of likely N-dealkylation sites (tertiary alicyclic amines) is 1. The lowest BCUT2D eigenvalue weighted by Gasteiger charge is -2.33. The van der Waals surface area contributed by atoms with Crippen LogP contribution in [-0.2, 0) is 22.7 Å². The molecule has 2 saturated heterocycles. The van der Waals surface area contributed by atoms with Gasteiger partial charge in [-0.1, -0.05) is 24.3 Å². The summed E-state index contributed by atoms with van der Waals surface area (Å²) in [6, 6.07) is 15.8. The van der Waals surface area contributed by atoms with Crippen LogP contribution in [0.3, 0.4) is 0 Å². The summed E-state index contributed by atoms with van der Waals surface area (Å²) >= 11 is 0. The Balaban J connectivity index is 1.30. The Labute approximate surface area is 207 Å². The maximum Gasteiger partial charge on any atom is 0.239 e. The number of nitrogens with one attached hydrogen (secondary N) is 2. The molecular weight excluding hydrogens is 444 g/mol. The Morgan fingerprint density at radius 2 is 1.66 bits per heavy atom. The van der Waals surface area contributed by atoms with Crippen molar-refractivity contribution in [2.75, 3.05) is 34.4 Å². The number of benzene rings is 2. The Hall–Kier alpha value is -3.10. The molecule has 35 heavy (non-hydrogen) atoms. The van der Waals surface area contributed by atoms with Gasteiger partial charge < -0.3 is 20.1 Å². The molecule has 0 spiro atoms. The minimum atomic E-state index is -0.184. The molecule has 2 aliphatic heterocycles. The van der Waals surface area contributed by atoms with Gasteiger partial charge in [0.1, 0.15) is 17.5 Å². The summed E-state index contributed by atoms with van der Waals surface area (Å²) < 4.78 is 10.4. The Morgan fingerprint density at radius 3 is 2.29 bits per heavy atom. The smallest absolute Gasteiger partial charge is 0.239 e. The lowest BCUT2D eigenvalue weighted by molar-refractivity contribution is -0.126. The first-order valence-corrected chi connectivity index (χ1v) is 12.2. The third-order valence-corrected chi connectivity index (χ3v) is 7.25. The Morgan fingerprint density at radius 1 is 1.03 bits per heavy atom. The van der Waals surface area contributed by atoms with Gasteiger partial charge in [-0.25, -0.2) is 0 Å². The van der Waals surface area contributed by atoms with E-state index in [0.29, 0.717) is 25.9 Å². The van der Waals surface area contributed by atoms with Crippen LogP contribution in [0.4, 0.5) is 0 Å². The van der Waals surface area contributed by atoms with Crippen LogP contribution in [0, 0.1) is 0 Å². The van der Waals surface area contributed by atoms with E-state index in [2.05, 4.69) is 39.6 Å². The summed E-state index contributed by atoms with van der Waals surface area (Å²) in [5.74, 6) is 1.73. The summed E-state index contributed by atoms with van der Waals surface area (Å²) in [5, 5.41) is 6.14. The molecule has 2 fully saturated rings. The standard InChI is InChI=1S/C27H36N4O4/c1-30-21(8-13-25(32)28-16-19-4-9-22(34-2)10-5-19)17-29-27(33)26-24(30)14-15-31(26)18-20-6-11-23(35-3)12-7-20/h4-7,9-12,21,24,26H,8,13-18H2,1-3H3,(H,28,32)(H,29,33)/t21-,24+,26-/m0/s1. The molecule has 0 radical (unpaired) electrons. The highest BCUT2D eigenvalue weighted by atomic mass is 16.5. The van der Waals surface area contributed by atoms with Gasteiger partial charge in [-0.05, 0) is 55.3 Å². The van der Waals surface area contributed by atoms with Crippen LogP contribution >= 0.6 is 0 Å². The number of amides is 2. The number of hydrogen-bond donors (Lipinski definition) is 2. The number of fused-ring (bicyclic) bond motifs is 1. The van der Waals surface area contributed by atoms with Crippen LogP contribution in [0.2, 0.25) is 0 Å². The lowest BCUT2D eigenvalue weighted by atomic mass is 10.0. The van der Waals surface area contributed by atoms with Crippen molar-refractivity contribution < 1.29 is 19.1 Å². The van der Waals surface area contributed by atoms with Crippen molar-refractivity contribution in [2.45, 2.75) is 50.5 Å². The van der Waals surface area contributed by atoms with Gasteiger partial charge in [-0.15, -0.1) is 0 Å². The Bertz CT molecular complexity index is 995. The van der Waals surface area contributed by atoms with Gasteiger partial charge in [0.2, 0.25) is 11.8 Å². The number of methoxy groups -OCH3 is 2. The molecule has 3 atom stereocenters. The molecule has 2 aromatic carbocycles. The minimum Gasteiger partial charge on any atom is -0.497 e. The number of carbonyl (C=O) groups is 2. The van der Waals surface area contributed by atoms with Gasteiger partial charge in [0, 0.05) is 44.7 Å². The van der Waals surface area contributed by atoms with E-state index < -0.39 is 0 Å². The fourth-order valence-corrected chi connectivity index (χ4v) is 5.12. The maximum absolute atomic E-state index is 13.0. The fourth-order valence-electron chi connectivity index (χ4n) is 5.12. The van der Waals surface area contributed by atoms with Gasteiger partial charge in [-0.2, -0.15) is 0 Å². The fraction of sp³-hybridized carbons (Fsp3) is 0.481. The van der Waals surface area contributed by atoms with E-state index >= 15 is 0 Å². The predicted molar refractivity (Wildman–Crippen MR) is 134 cm³/mol. The zero-order valence-electron chi connectivity index (χ0n) is 20.8. The molecule has 4 rings (SSSR count). The van der Waals surface area contributed by atoms with Crippen LogP contribution in [-0.4, -0.2) is 74.1 Å². The molecule has 2 aromatic rings. The van der Waals surface area contributed by atoms with E-state index in [1.807, 2.05) is 36.4 Å². The monoisotopic (exact) mass is 480 g/mol. The summed E-state index contributed by atoms with van der Waals surface area (Å²) in [6.07, 6.45) is 2.06. The first-order chi connectivity index (χ1) is 17.0. The van der Waals surface area contributed by atoms with Gasteiger partial charge in [0.25, 0.3) is 0 Å². The van der Waals surface area contributed by atoms with E-state index in [1.54, 1.807) is 14.2 Å². The molecule has 0 aromatic heterocycles. The first-order valence-electron chi connectivity index (χ1n) is 12.2. The molecule has 8 nitrogen and oxygen atoms in total. The highest BCUT2D eigenvalue weighted by molar-refractivity contribution is 5.83. The second kappa shape index (κ2) is 11.6. The zero-order chi connectivity index (χ0) is 24.8. The molecule has 2 amide bonds. The summed E-state index contributed by atoms with van der Waals surface area (Å²) in [7, 11) is 5.39. The van der Waals surface area contributed by atoms with Crippen molar-refractivity contribution in [3.05, 3.63) is 59.7 Å². The van der Waals surface area contributed by atoms with Crippen LogP contribution < -0.4 is 20.1 Å². The van der Waals surface area contributed by atoms with Crippen molar-refractivity contribution in [1.29, 1.82) is 0 Å². The van der Waals surface area contributed by atoms with Crippen LogP contribution in [0.1, 0.15) is 30.4 Å². The van der Waals surface area contributed by atoms with E-state index in [1.165, 1.54) is 0 Å². The highest BCUT2D eigenvalue weighted by Crippen LogP contribution is 2.29. The molecule has 188 valence electrons. The maximum atomic E-state index is 13.0. The normalized spacial score (nSPS) is 22.7. The van der Waals surface area contributed by atoms with Gasteiger partial charge in [0.15, 0.2) is 0 Å². The van der Waals surface area contributed by atoms with Crippen molar-refractivity contribution in [2.24, 2.45) is 0 Å². The molecule has 8 heteroatoms.